The summed E-state index contributed by atoms with van der Waals surface area (Å²) < 4.78 is 129. The number of carboxylic acids is 5. The molecule has 1 aliphatic rings. The molecule has 44 heteroatoms. The Morgan fingerprint density at radius 2 is 0.530 bits per heavy atom. The number of hydrogen-bond donors (Lipinski definition) is 17. The lowest BCUT2D eigenvalue weighted by atomic mass is 9.72. The van der Waals surface area contributed by atoms with Crippen LogP contribution < -0.4 is 42.5 Å². The number of rotatable bonds is 35. The van der Waals surface area contributed by atoms with Gasteiger partial charge in [-0.1, -0.05) is 0 Å². The van der Waals surface area contributed by atoms with Gasteiger partial charge in [-0.3, -0.25) is 66.2 Å². The Morgan fingerprint density at radius 3 is 0.747 bits per heavy atom. The Hall–Kier alpha value is -7.91. The van der Waals surface area contributed by atoms with Gasteiger partial charge >= 0.3 is 29.8 Å². The second-order valence-corrected chi connectivity index (χ2v) is 24.2. The van der Waals surface area contributed by atoms with Gasteiger partial charge < -0.3 is 68.1 Å². The zero-order valence-corrected chi connectivity index (χ0v) is 45.9. The van der Waals surface area contributed by atoms with Crippen molar-refractivity contribution in [2.24, 2.45) is 17.8 Å². The molecule has 11 atom stereocenters. The normalized spacial score (nSPS) is 18.4. The zero-order chi connectivity index (χ0) is 64.4. The van der Waals surface area contributed by atoms with Crippen molar-refractivity contribution in [1.82, 2.24) is 42.5 Å². The average Bonchev–Trinajstić information content (AvgIpc) is 3.32. The van der Waals surface area contributed by atoms with Crippen LogP contribution in [0.5, 0.6) is 0 Å². The van der Waals surface area contributed by atoms with Gasteiger partial charge in [-0.2, -0.15) is 33.7 Å². The number of nitrogens with one attached hydrogen (secondary N) is 8. The van der Waals surface area contributed by atoms with E-state index in [-0.39, 0.29) is 19.3 Å². The van der Waals surface area contributed by atoms with Gasteiger partial charge in [0.1, 0.15) is 82.9 Å². The van der Waals surface area contributed by atoms with E-state index in [4.69, 9.17) is 4.55 Å². The van der Waals surface area contributed by atoms with Crippen molar-refractivity contribution in [2.45, 2.75) is 107 Å². The number of ketones is 2. The molecular formula is C39H56N8O32S4. The van der Waals surface area contributed by atoms with Crippen LogP contribution in [0.4, 0.5) is 0 Å². The highest BCUT2D eigenvalue weighted by atomic mass is 32.2. The molecule has 1 unspecified atom stereocenters. The van der Waals surface area contributed by atoms with E-state index in [0.29, 0.717) is 0 Å². The van der Waals surface area contributed by atoms with E-state index in [1.54, 1.807) is 21.3 Å². The first kappa shape index (κ1) is 73.1. The molecule has 17 N–H and O–H groups in total. The number of amides is 8. The van der Waals surface area contributed by atoms with Crippen LogP contribution in [0.3, 0.4) is 0 Å². The van der Waals surface area contributed by atoms with Gasteiger partial charge in [0.15, 0.2) is 0 Å². The Kier molecular flexibility index (Phi) is 27.3. The van der Waals surface area contributed by atoms with Gasteiger partial charge in [0.05, 0.1) is 25.7 Å². The molecule has 1 rings (SSSR count). The maximum Gasteiger partial charge on any atom is 0.327 e. The second-order valence-electron chi connectivity index (χ2n) is 18.2. The van der Waals surface area contributed by atoms with Crippen LogP contribution in [0.1, 0.15) is 58.8 Å². The molecule has 40 nitrogen and oxygen atoms in total. The van der Waals surface area contributed by atoms with Crippen LogP contribution in [0, 0.1) is 17.8 Å². The minimum atomic E-state index is -5.30. The number of Topliss-reactive ketones (excluding diaryl/α,β-unsaturated/α-hetero) is 2. The molecule has 1 saturated carbocycles. The zero-order valence-electron chi connectivity index (χ0n) is 42.7. The van der Waals surface area contributed by atoms with Crippen LogP contribution in [0.15, 0.2) is 0 Å². The summed E-state index contributed by atoms with van der Waals surface area (Å²) in [6.45, 7) is 2.21. The van der Waals surface area contributed by atoms with Crippen molar-refractivity contribution in [3.8, 4) is 0 Å². The summed E-state index contributed by atoms with van der Waals surface area (Å²) >= 11 is 0. The van der Waals surface area contributed by atoms with Gasteiger partial charge in [0, 0.05) is 17.8 Å². The number of aliphatic carboxylic acids is 5. The van der Waals surface area contributed by atoms with E-state index < -0.39 is 244 Å². The summed E-state index contributed by atoms with van der Waals surface area (Å²) in [4.78, 5) is 193. The molecule has 0 heterocycles. The molecule has 8 amide bonds. The van der Waals surface area contributed by atoms with Crippen LogP contribution in [-0.4, -0.2) is 237 Å². The summed E-state index contributed by atoms with van der Waals surface area (Å²) in [7, 11) is -21.0. The largest absolute Gasteiger partial charge is 0.480 e. The first-order valence-corrected chi connectivity index (χ1v) is 29.4. The molecule has 0 aromatic heterocycles. The number of hydrogen-bond acceptors (Lipinski definition) is 23. The van der Waals surface area contributed by atoms with E-state index in [1.165, 1.54) is 16.0 Å². The molecule has 1 fully saturated rings. The fraction of sp³-hybridized carbons (Fsp3) is 0.615. The lowest BCUT2D eigenvalue weighted by Crippen LogP contribution is -2.60. The average molecular weight is 1280 g/mol. The SMILES string of the molecule is CC(=O)[C@@H]1CC(C(=O)N[C@H](CC(=O)N[C@H](CS(=O)(=O)O)C(=O)O)C(=O)N[C@H](CC(=O)N[C@H](CS(=O)(=O)O)C(=O)O)C(=O)N[C@H](CC(=O)N[C@H](CS(=O)(=O)O)C(=O)O)C(=O)N[C@H](CC(=O)N[C@H](CS(=O)(=O)O)C(=O)O)C(=O)O)C[C@H](C(C)=O)C1. The highest BCUT2D eigenvalue weighted by molar-refractivity contribution is 7.86. The van der Waals surface area contributed by atoms with Gasteiger partial charge in [-0.25, -0.2) is 24.0 Å². The smallest absolute Gasteiger partial charge is 0.327 e. The fourth-order valence-corrected chi connectivity index (χ4v) is 10.0. The molecule has 0 aromatic rings. The van der Waals surface area contributed by atoms with E-state index in [0.717, 1.165) is 13.8 Å². The first-order chi connectivity index (χ1) is 37.7. The standard InChI is InChI=1S/C39H56N8O32S4/c1-14(48)16-3-17(15(2)49)5-18(4-16)31(54)44-19(6-27(50)40-23(36(60)61)10-80(68,69)70)32(55)45-20(7-28(51)41-24(37(62)63)11-81(71,72)73)33(56)46-21(8-29(52)42-25(38(64)65)12-82(74,75)76)34(57)47-22(35(58)59)9-30(53)43-26(39(66)67)13-83(77,78)79/h16-26H,3-13H2,1-2H3,(H,40,50)(H,41,51)(H,42,52)(H,43,53)(H,44,54)(H,45,55)(H,46,56)(H,47,57)(H,58,59)(H,60,61)(H,62,63)(H,64,65)(H,66,67)(H,68,69,70)(H,71,72,73)(H,74,75,76)(H,77,78,79)/t16-,17+,18?,19-,20-,21-,22-,23-,24-,25-,26-/m1/s1. The molecule has 0 saturated heterocycles. The number of carboxylic acid groups (broad SMARTS) is 5. The third kappa shape index (κ3) is 28.6. The van der Waals surface area contributed by atoms with Crippen molar-refractivity contribution in [1.29, 1.82) is 0 Å². The van der Waals surface area contributed by atoms with Crippen LogP contribution in [0.25, 0.3) is 0 Å². The molecule has 83 heavy (non-hydrogen) atoms. The van der Waals surface area contributed by atoms with Crippen LogP contribution in [0.2, 0.25) is 0 Å². The summed E-state index contributed by atoms with van der Waals surface area (Å²) in [5.41, 5.74) is 0. The predicted octanol–water partition coefficient (Wildman–Crippen LogP) is -9.39. The molecular weight excluding hydrogens is 1220 g/mol. The highest BCUT2D eigenvalue weighted by Gasteiger charge is 2.41. The highest BCUT2D eigenvalue weighted by Crippen LogP contribution is 2.35. The van der Waals surface area contributed by atoms with Crippen LogP contribution >= 0.6 is 0 Å². The summed E-state index contributed by atoms with van der Waals surface area (Å²) in [6.07, 6.45) is -7.31. The van der Waals surface area contributed by atoms with Gasteiger partial charge in [0.2, 0.25) is 47.3 Å². The fourth-order valence-electron chi connectivity index (χ4n) is 7.43. The molecule has 1 aliphatic carbocycles. The monoisotopic (exact) mass is 1280 g/mol. The third-order valence-electron chi connectivity index (χ3n) is 11.3. The molecule has 0 spiro atoms. The maximum absolute atomic E-state index is 14.3. The molecule has 0 aliphatic heterocycles. The van der Waals surface area contributed by atoms with Gasteiger partial charge in [0.25, 0.3) is 40.5 Å². The second kappa shape index (κ2) is 30.9. The van der Waals surface area contributed by atoms with Gasteiger partial charge in [-0.05, 0) is 33.1 Å². The van der Waals surface area contributed by atoms with Gasteiger partial charge in [-0.15, -0.1) is 0 Å². The Bertz CT molecular complexity index is 3040. The van der Waals surface area contributed by atoms with Crippen molar-refractivity contribution in [3.05, 3.63) is 0 Å². The lowest BCUT2D eigenvalue weighted by Gasteiger charge is -2.33. The number of carbonyl (C=O) groups is 15. The van der Waals surface area contributed by atoms with E-state index in [1.807, 2.05) is 5.32 Å². The van der Waals surface area contributed by atoms with Crippen LogP contribution in [-0.2, 0) is 112 Å². The Balaban J connectivity index is 4.14. The summed E-state index contributed by atoms with van der Waals surface area (Å²) in [5.74, 6) is -36.6. The van der Waals surface area contributed by atoms with Crippen molar-refractivity contribution in [2.75, 3.05) is 23.0 Å². The summed E-state index contributed by atoms with van der Waals surface area (Å²) in [6, 6.07) is -21.0. The predicted molar refractivity (Wildman–Crippen MR) is 263 cm³/mol. The Morgan fingerprint density at radius 1 is 0.325 bits per heavy atom. The van der Waals surface area contributed by atoms with Crippen molar-refractivity contribution in [3.63, 3.8) is 0 Å². The lowest BCUT2D eigenvalue weighted by molar-refractivity contribution is -0.145. The molecule has 468 valence electrons. The van der Waals surface area contributed by atoms with Crippen molar-refractivity contribution < 1.29 is 149 Å². The molecule has 0 bridgehead atoms. The molecule has 0 aromatic carbocycles. The number of carbonyl (C=O) groups excluding carboxylic acids is 10. The Labute approximate surface area is 467 Å². The topological polar surface area (TPSA) is 671 Å². The van der Waals surface area contributed by atoms with E-state index in [9.17, 15) is 145 Å². The first-order valence-electron chi connectivity index (χ1n) is 23.0. The minimum absolute atomic E-state index is 0.0541. The van der Waals surface area contributed by atoms with E-state index in [2.05, 4.69) is 0 Å². The summed E-state index contributed by atoms with van der Waals surface area (Å²) in [5, 5.41) is 60.7. The van der Waals surface area contributed by atoms with Crippen molar-refractivity contribution >= 4 is 129 Å². The minimum Gasteiger partial charge on any atom is -0.480 e. The van der Waals surface area contributed by atoms with E-state index >= 15 is 0 Å². The quantitative estimate of drug-likeness (QED) is 0.0262. The maximum atomic E-state index is 14.3. The molecule has 0 radical (unpaired) electrons. The third-order valence-corrected chi connectivity index (χ3v) is 14.4.